The number of hydrogen-bond donors (Lipinski definition) is 0. The van der Waals surface area contributed by atoms with Gasteiger partial charge in [-0.05, 0) is 84.7 Å². The van der Waals surface area contributed by atoms with E-state index in [1.54, 1.807) is 0 Å². The van der Waals surface area contributed by atoms with Crippen LogP contribution in [0, 0.1) is 0 Å². The van der Waals surface area contributed by atoms with E-state index in [0.717, 1.165) is 22.4 Å². The lowest BCUT2D eigenvalue weighted by Crippen LogP contribution is -2.38. The Morgan fingerprint density at radius 1 is 0.415 bits per heavy atom. The molecule has 2 atom stereocenters. The van der Waals surface area contributed by atoms with E-state index in [9.17, 15) is 0 Å². The molecular formula is C49H32N4. The topological polar surface area (TPSA) is 41.9 Å². The zero-order valence-corrected chi connectivity index (χ0v) is 28.8. The SMILES string of the molecule is C1=c2ccccc2=CC2C1c1ccccc1N2c1ccc(-c2nc(-c3ccccc3)nc(-c3ccc4ccc5ccc6ccccc6c5c4c3)n2)cc1. The highest BCUT2D eigenvalue weighted by molar-refractivity contribution is 6.20. The van der Waals surface area contributed by atoms with Gasteiger partial charge in [0.05, 0.1) is 6.04 Å². The van der Waals surface area contributed by atoms with Crippen LogP contribution in [0.5, 0.6) is 0 Å². The van der Waals surface area contributed by atoms with Crippen LogP contribution in [0.25, 0.3) is 78.6 Å². The van der Waals surface area contributed by atoms with Gasteiger partial charge in [-0.2, -0.15) is 0 Å². The van der Waals surface area contributed by atoms with Gasteiger partial charge in [-0.25, -0.2) is 15.0 Å². The van der Waals surface area contributed by atoms with Crippen LogP contribution in [0.4, 0.5) is 11.4 Å². The van der Waals surface area contributed by atoms with Crippen molar-refractivity contribution in [2.45, 2.75) is 12.0 Å². The fourth-order valence-corrected chi connectivity index (χ4v) is 8.45. The largest absolute Gasteiger partial charge is 0.333 e. The lowest BCUT2D eigenvalue weighted by atomic mass is 9.89. The number of aromatic nitrogens is 3. The molecule has 1 aliphatic heterocycles. The van der Waals surface area contributed by atoms with E-state index in [0.29, 0.717) is 17.5 Å². The van der Waals surface area contributed by atoms with E-state index in [2.05, 4.69) is 169 Å². The summed E-state index contributed by atoms with van der Waals surface area (Å²) in [5.74, 6) is 2.24. The number of fused-ring (bicyclic) bond motifs is 9. The fraction of sp³-hybridized carbons (Fsp3) is 0.0408. The quantitative estimate of drug-likeness (QED) is 0.174. The maximum atomic E-state index is 5.16. The number of hydrogen-bond acceptors (Lipinski definition) is 4. The van der Waals surface area contributed by atoms with Crippen molar-refractivity contribution in [2.75, 3.05) is 4.90 Å². The van der Waals surface area contributed by atoms with E-state index in [1.165, 1.54) is 54.0 Å². The Kier molecular flexibility index (Phi) is 6.65. The summed E-state index contributed by atoms with van der Waals surface area (Å²) >= 11 is 0. The first-order valence-corrected chi connectivity index (χ1v) is 18.2. The Balaban J connectivity index is 1.04. The van der Waals surface area contributed by atoms with Crippen LogP contribution < -0.4 is 15.3 Å². The first-order valence-electron chi connectivity index (χ1n) is 18.2. The van der Waals surface area contributed by atoms with Crippen molar-refractivity contribution >= 4 is 55.8 Å². The molecule has 0 radical (unpaired) electrons. The predicted octanol–water partition coefficient (Wildman–Crippen LogP) is 10.2. The lowest BCUT2D eigenvalue weighted by molar-refractivity contribution is 0.802. The molecule has 2 aliphatic rings. The zero-order chi connectivity index (χ0) is 34.9. The van der Waals surface area contributed by atoms with Gasteiger partial charge in [0.2, 0.25) is 0 Å². The van der Waals surface area contributed by atoms with E-state index in [4.69, 9.17) is 15.0 Å². The minimum Gasteiger partial charge on any atom is -0.333 e. The summed E-state index contributed by atoms with van der Waals surface area (Å²) in [4.78, 5) is 17.8. The minimum absolute atomic E-state index is 0.197. The lowest BCUT2D eigenvalue weighted by Gasteiger charge is -2.29. The van der Waals surface area contributed by atoms with Crippen molar-refractivity contribution in [3.05, 3.63) is 186 Å². The third-order valence-corrected chi connectivity index (χ3v) is 11.0. The molecular weight excluding hydrogens is 645 g/mol. The summed E-state index contributed by atoms with van der Waals surface area (Å²) < 4.78 is 0. The monoisotopic (exact) mass is 676 g/mol. The van der Waals surface area contributed by atoms with E-state index in [-0.39, 0.29) is 12.0 Å². The second-order valence-corrected chi connectivity index (χ2v) is 14.0. The Hall–Kier alpha value is -6.91. The molecule has 11 rings (SSSR count). The molecule has 0 bridgehead atoms. The van der Waals surface area contributed by atoms with Gasteiger partial charge in [0.1, 0.15) is 0 Å². The predicted molar refractivity (Wildman–Crippen MR) is 218 cm³/mol. The first-order chi connectivity index (χ1) is 26.2. The van der Waals surface area contributed by atoms with Gasteiger partial charge in [-0.3, -0.25) is 0 Å². The summed E-state index contributed by atoms with van der Waals surface area (Å²) in [5.41, 5.74) is 6.61. The molecule has 9 aromatic rings. The minimum atomic E-state index is 0.197. The van der Waals surface area contributed by atoms with Crippen LogP contribution in [0.1, 0.15) is 11.5 Å². The van der Waals surface area contributed by atoms with E-state index < -0.39 is 0 Å². The third kappa shape index (κ3) is 4.87. The molecule has 8 aromatic carbocycles. The summed E-state index contributed by atoms with van der Waals surface area (Å²) in [7, 11) is 0. The highest BCUT2D eigenvalue weighted by atomic mass is 15.2. The molecule has 2 unspecified atom stereocenters. The highest BCUT2D eigenvalue weighted by Gasteiger charge is 2.37. The molecule has 0 fully saturated rings. The molecule has 0 amide bonds. The zero-order valence-electron chi connectivity index (χ0n) is 28.8. The van der Waals surface area contributed by atoms with Crippen molar-refractivity contribution in [1.29, 1.82) is 0 Å². The molecule has 1 aliphatic carbocycles. The average Bonchev–Trinajstić information content (AvgIpc) is 3.55. The highest BCUT2D eigenvalue weighted by Crippen LogP contribution is 2.47. The first kappa shape index (κ1) is 29.8. The summed E-state index contributed by atoms with van der Waals surface area (Å²) in [5, 5.41) is 9.90. The van der Waals surface area contributed by atoms with Gasteiger partial charge in [0.15, 0.2) is 17.5 Å². The summed E-state index contributed by atoms with van der Waals surface area (Å²) in [6.07, 6.45) is 4.86. The molecule has 0 saturated carbocycles. The fourth-order valence-electron chi connectivity index (χ4n) is 8.45. The molecule has 0 spiro atoms. The van der Waals surface area contributed by atoms with Crippen molar-refractivity contribution in [3.8, 4) is 34.2 Å². The number of rotatable bonds is 4. The van der Waals surface area contributed by atoms with Crippen LogP contribution in [0.2, 0.25) is 0 Å². The summed E-state index contributed by atoms with van der Waals surface area (Å²) in [6, 6.07) is 60.6. The van der Waals surface area contributed by atoms with Crippen LogP contribution >= 0.6 is 0 Å². The van der Waals surface area contributed by atoms with E-state index >= 15 is 0 Å². The second kappa shape index (κ2) is 11.8. The Labute approximate surface area is 306 Å². The molecule has 4 heteroatoms. The van der Waals surface area contributed by atoms with Gasteiger partial charge in [-0.15, -0.1) is 0 Å². The van der Waals surface area contributed by atoms with Gasteiger partial charge < -0.3 is 4.90 Å². The van der Waals surface area contributed by atoms with Crippen molar-refractivity contribution in [2.24, 2.45) is 0 Å². The van der Waals surface area contributed by atoms with Crippen LogP contribution in [0.15, 0.2) is 170 Å². The third-order valence-electron chi connectivity index (χ3n) is 11.0. The maximum absolute atomic E-state index is 5.16. The van der Waals surface area contributed by atoms with Crippen molar-refractivity contribution in [3.63, 3.8) is 0 Å². The number of nitrogens with zero attached hydrogens (tertiary/aromatic N) is 4. The number of anilines is 2. The molecule has 53 heavy (non-hydrogen) atoms. The summed E-state index contributed by atoms with van der Waals surface area (Å²) in [6.45, 7) is 0. The Bertz CT molecular complexity index is 3020. The van der Waals surface area contributed by atoms with Crippen molar-refractivity contribution in [1.82, 2.24) is 15.0 Å². The maximum Gasteiger partial charge on any atom is 0.164 e. The van der Waals surface area contributed by atoms with Gasteiger partial charge in [-0.1, -0.05) is 146 Å². The van der Waals surface area contributed by atoms with E-state index in [1.807, 2.05) is 18.2 Å². The normalized spacial score (nSPS) is 15.8. The van der Waals surface area contributed by atoms with Crippen LogP contribution in [0.3, 0.4) is 0 Å². The van der Waals surface area contributed by atoms with Crippen molar-refractivity contribution < 1.29 is 0 Å². The van der Waals surface area contributed by atoms with Gasteiger partial charge in [0.25, 0.3) is 0 Å². The number of benzene rings is 8. The molecule has 248 valence electrons. The number of para-hydroxylation sites is 1. The molecule has 1 aromatic heterocycles. The van der Waals surface area contributed by atoms with Gasteiger partial charge >= 0.3 is 0 Å². The van der Waals surface area contributed by atoms with Crippen LogP contribution in [-0.4, -0.2) is 21.0 Å². The molecule has 2 heterocycles. The molecule has 4 nitrogen and oxygen atoms in total. The Morgan fingerprint density at radius 3 is 1.77 bits per heavy atom. The molecule has 0 N–H and O–H groups in total. The standard InChI is InChI=1S/C49H32N4/c1-2-11-34(12-3-1)47-50-48(52-49(51-47)38-23-20-32-19-22-33-21-18-31-10-6-7-15-40(31)46(33)42(32)29-38)35-24-26-39(27-25-35)53-44-17-9-8-16-41(44)43-28-36-13-4-5-14-37(36)30-45(43)53/h1-30,43,45H. The smallest absolute Gasteiger partial charge is 0.164 e. The average molecular weight is 677 g/mol. The van der Waals surface area contributed by atoms with Crippen LogP contribution in [-0.2, 0) is 0 Å². The van der Waals surface area contributed by atoms with Gasteiger partial charge in [0, 0.05) is 34.0 Å². The molecule has 0 saturated heterocycles. The second-order valence-electron chi connectivity index (χ2n) is 14.0. The Morgan fingerprint density at radius 2 is 0.981 bits per heavy atom.